The van der Waals surface area contributed by atoms with Gasteiger partial charge in [-0.2, -0.15) is 14.9 Å². The molecule has 10 heteroatoms. The molecule has 2 fully saturated rings. The molecule has 2 aromatic heterocycles. The number of amides is 1. The number of methoxy groups -OCH3 is 1. The van der Waals surface area contributed by atoms with Crippen molar-refractivity contribution in [2.24, 2.45) is 12.5 Å². The van der Waals surface area contributed by atoms with Gasteiger partial charge in [0.1, 0.15) is 5.69 Å². The number of halogens is 1. The quantitative estimate of drug-likeness (QED) is 0.714. The van der Waals surface area contributed by atoms with E-state index in [-0.39, 0.29) is 11.3 Å². The SMILES string of the molecule is COc1cc(C)nc(N2CCC3(CCN(Cc4nn(C)nc4Br)C3=O)C2)n1. The average Bonchev–Trinajstić information content (AvgIpc) is 3.29. The van der Waals surface area contributed by atoms with Crippen molar-refractivity contribution in [1.29, 1.82) is 0 Å². The number of anilines is 1. The first-order valence-corrected chi connectivity index (χ1v) is 9.69. The molecular formula is C17H22BrN7O2. The van der Waals surface area contributed by atoms with Crippen LogP contribution in [0.3, 0.4) is 0 Å². The first-order chi connectivity index (χ1) is 12.9. The first kappa shape index (κ1) is 18.1. The van der Waals surface area contributed by atoms with Gasteiger partial charge in [0.25, 0.3) is 0 Å². The van der Waals surface area contributed by atoms with Gasteiger partial charge in [-0.15, -0.1) is 5.10 Å². The summed E-state index contributed by atoms with van der Waals surface area (Å²) in [7, 11) is 3.37. The molecule has 2 aliphatic heterocycles. The molecule has 0 aliphatic carbocycles. The fraction of sp³-hybridized carbons (Fsp3) is 0.588. The first-order valence-electron chi connectivity index (χ1n) is 8.90. The number of hydrogen-bond donors (Lipinski definition) is 0. The molecule has 1 spiro atoms. The Morgan fingerprint density at radius 2 is 2.04 bits per heavy atom. The molecule has 4 heterocycles. The lowest BCUT2D eigenvalue weighted by atomic mass is 9.85. The standard InChI is InChI=1S/C17H22BrN7O2/c1-11-8-13(27-3)20-16(19-11)25-7-5-17(10-25)4-6-24(15(17)26)9-12-14(18)22-23(2)21-12/h8H,4-7,9-10H2,1-3H3. The highest BCUT2D eigenvalue weighted by molar-refractivity contribution is 9.10. The van der Waals surface area contributed by atoms with Crippen LogP contribution in [-0.4, -0.2) is 62.5 Å². The monoisotopic (exact) mass is 435 g/mol. The smallest absolute Gasteiger partial charge is 0.231 e. The van der Waals surface area contributed by atoms with Gasteiger partial charge in [-0.05, 0) is 35.7 Å². The van der Waals surface area contributed by atoms with Gasteiger partial charge in [-0.25, -0.2) is 4.98 Å². The van der Waals surface area contributed by atoms with Crippen LogP contribution in [0, 0.1) is 12.3 Å². The van der Waals surface area contributed by atoms with Crippen molar-refractivity contribution in [2.45, 2.75) is 26.3 Å². The summed E-state index contributed by atoms with van der Waals surface area (Å²) in [5.74, 6) is 1.36. The number of carbonyl (C=O) groups is 1. The van der Waals surface area contributed by atoms with E-state index >= 15 is 0 Å². The van der Waals surface area contributed by atoms with Crippen LogP contribution in [0.15, 0.2) is 10.7 Å². The Morgan fingerprint density at radius 1 is 1.26 bits per heavy atom. The summed E-state index contributed by atoms with van der Waals surface area (Å²) in [4.78, 5) is 27.7. The third-order valence-corrected chi connectivity index (χ3v) is 5.96. The van der Waals surface area contributed by atoms with E-state index in [9.17, 15) is 4.79 Å². The van der Waals surface area contributed by atoms with Crippen molar-refractivity contribution < 1.29 is 9.53 Å². The van der Waals surface area contributed by atoms with Gasteiger partial charge in [-0.3, -0.25) is 4.79 Å². The second-order valence-electron chi connectivity index (χ2n) is 7.21. The van der Waals surface area contributed by atoms with E-state index in [0.717, 1.165) is 37.3 Å². The maximum Gasteiger partial charge on any atom is 0.231 e. The Bertz CT molecular complexity index is 886. The van der Waals surface area contributed by atoms with Gasteiger partial charge in [0.15, 0.2) is 4.60 Å². The number of ether oxygens (including phenoxy) is 1. The van der Waals surface area contributed by atoms with Crippen molar-refractivity contribution in [3.63, 3.8) is 0 Å². The number of likely N-dealkylation sites (tertiary alicyclic amines) is 1. The normalized spacial score (nSPS) is 22.3. The van der Waals surface area contributed by atoms with Crippen molar-refractivity contribution in [3.8, 4) is 5.88 Å². The topological polar surface area (TPSA) is 89.3 Å². The van der Waals surface area contributed by atoms with Crippen LogP contribution in [0.5, 0.6) is 5.88 Å². The number of aryl methyl sites for hydroxylation is 2. The van der Waals surface area contributed by atoms with E-state index in [2.05, 4.69) is 41.0 Å². The molecule has 0 aromatic carbocycles. The maximum absolute atomic E-state index is 13.2. The number of aromatic nitrogens is 5. The second-order valence-corrected chi connectivity index (χ2v) is 7.96. The van der Waals surface area contributed by atoms with Crippen LogP contribution >= 0.6 is 15.9 Å². The Balaban J connectivity index is 1.50. The van der Waals surface area contributed by atoms with Crippen LogP contribution in [0.25, 0.3) is 0 Å². The maximum atomic E-state index is 13.2. The Kier molecular flexibility index (Phi) is 4.53. The summed E-state index contributed by atoms with van der Waals surface area (Å²) in [5, 5.41) is 8.53. The van der Waals surface area contributed by atoms with Crippen LogP contribution in [0.2, 0.25) is 0 Å². The Labute approximate surface area is 165 Å². The molecule has 4 rings (SSSR count). The molecule has 0 saturated carbocycles. The fourth-order valence-corrected chi connectivity index (χ4v) is 4.37. The lowest BCUT2D eigenvalue weighted by Gasteiger charge is -2.23. The number of rotatable bonds is 4. The van der Waals surface area contributed by atoms with E-state index in [1.165, 1.54) is 4.80 Å². The van der Waals surface area contributed by atoms with Crippen LogP contribution in [0.4, 0.5) is 5.95 Å². The van der Waals surface area contributed by atoms with Crippen molar-refractivity contribution in [2.75, 3.05) is 31.6 Å². The highest BCUT2D eigenvalue weighted by Crippen LogP contribution is 2.42. The number of hydrogen-bond acceptors (Lipinski definition) is 7. The lowest BCUT2D eigenvalue weighted by molar-refractivity contribution is -0.135. The minimum atomic E-state index is -0.366. The van der Waals surface area contributed by atoms with Gasteiger partial charge in [0.05, 0.1) is 19.1 Å². The van der Waals surface area contributed by atoms with E-state index in [4.69, 9.17) is 4.74 Å². The van der Waals surface area contributed by atoms with E-state index in [1.807, 2.05) is 11.8 Å². The molecule has 1 unspecified atom stereocenters. The van der Waals surface area contributed by atoms with E-state index < -0.39 is 0 Å². The van der Waals surface area contributed by atoms with Crippen molar-refractivity contribution >= 4 is 27.8 Å². The summed E-state index contributed by atoms with van der Waals surface area (Å²) in [6, 6.07) is 1.80. The zero-order valence-corrected chi connectivity index (χ0v) is 17.2. The minimum Gasteiger partial charge on any atom is -0.481 e. The summed E-state index contributed by atoms with van der Waals surface area (Å²) < 4.78 is 5.94. The second kappa shape index (κ2) is 6.74. The van der Waals surface area contributed by atoms with Crippen LogP contribution < -0.4 is 9.64 Å². The predicted molar refractivity (Wildman–Crippen MR) is 101 cm³/mol. The Hall–Kier alpha value is -2.23. The van der Waals surface area contributed by atoms with E-state index in [0.29, 0.717) is 29.5 Å². The van der Waals surface area contributed by atoms with Crippen molar-refractivity contribution in [1.82, 2.24) is 29.9 Å². The molecule has 9 nitrogen and oxygen atoms in total. The molecule has 0 N–H and O–H groups in total. The zero-order valence-electron chi connectivity index (χ0n) is 15.6. The minimum absolute atomic E-state index is 0.183. The van der Waals surface area contributed by atoms with E-state index in [1.54, 1.807) is 20.2 Å². The fourth-order valence-electron chi connectivity index (χ4n) is 3.94. The molecule has 2 aromatic rings. The molecular weight excluding hydrogens is 414 g/mol. The molecule has 144 valence electrons. The summed E-state index contributed by atoms with van der Waals surface area (Å²) in [6.45, 7) is 4.52. The van der Waals surface area contributed by atoms with Crippen molar-refractivity contribution in [3.05, 3.63) is 22.1 Å². The molecule has 1 atom stereocenters. The lowest BCUT2D eigenvalue weighted by Crippen LogP contribution is -2.37. The number of carbonyl (C=O) groups excluding carboxylic acids is 1. The summed E-state index contributed by atoms with van der Waals surface area (Å²) in [6.07, 6.45) is 1.65. The van der Waals surface area contributed by atoms with Gasteiger partial charge in [0, 0.05) is 38.4 Å². The summed E-state index contributed by atoms with van der Waals surface area (Å²) >= 11 is 3.41. The summed E-state index contributed by atoms with van der Waals surface area (Å²) in [5.41, 5.74) is 1.27. The molecule has 0 bridgehead atoms. The van der Waals surface area contributed by atoms with Gasteiger partial charge >= 0.3 is 0 Å². The predicted octanol–water partition coefficient (Wildman–Crippen LogP) is 1.31. The largest absolute Gasteiger partial charge is 0.481 e. The Morgan fingerprint density at radius 3 is 2.74 bits per heavy atom. The molecule has 2 aliphatic rings. The van der Waals surface area contributed by atoms with Crippen LogP contribution in [-0.2, 0) is 18.4 Å². The highest BCUT2D eigenvalue weighted by Gasteiger charge is 2.51. The molecule has 0 radical (unpaired) electrons. The van der Waals surface area contributed by atoms with Gasteiger partial charge in [0.2, 0.25) is 17.7 Å². The van der Waals surface area contributed by atoms with Crippen LogP contribution in [0.1, 0.15) is 24.2 Å². The average molecular weight is 436 g/mol. The molecule has 1 amide bonds. The highest BCUT2D eigenvalue weighted by atomic mass is 79.9. The molecule has 27 heavy (non-hydrogen) atoms. The third-order valence-electron chi connectivity index (χ3n) is 5.34. The molecule has 2 saturated heterocycles. The third kappa shape index (κ3) is 3.26. The van der Waals surface area contributed by atoms with Gasteiger partial charge < -0.3 is 14.5 Å². The number of nitrogens with zero attached hydrogens (tertiary/aromatic N) is 7. The van der Waals surface area contributed by atoms with Gasteiger partial charge in [-0.1, -0.05) is 0 Å². The zero-order chi connectivity index (χ0) is 19.2.